The number of nitrogens with zero attached hydrogens (tertiary/aromatic N) is 1. The summed E-state index contributed by atoms with van der Waals surface area (Å²) in [6.07, 6.45) is 8.41. The molecule has 0 unspecified atom stereocenters. The quantitative estimate of drug-likeness (QED) is 0.475. The maximum atomic E-state index is 8.84. The van der Waals surface area contributed by atoms with E-state index in [4.69, 9.17) is 5.02 Å². The van der Waals surface area contributed by atoms with Crippen LogP contribution < -0.4 is 0 Å². The normalized spacial score (nSPS) is 11.5. The summed E-state index contributed by atoms with van der Waals surface area (Å²) < 4.78 is 0. The summed E-state index contributed by atoms with van der Waals surface area (Å²) in [5, 5.41) is 8.84. The van der Waals surface area contributed by atoms with Gasteiger partial charge < -0.3 is 5.02 Å². The predicted octanol–water partition coefficient (Wildman–Crippen LogP) is 1.98. The summed E-state index contributed by atoms with van der Waals surface area (Å²) in [5.41, 5.74) is 0. The minimum atomic E-state index is -0.279. The first kappa shape index (κ1) is 10.4. The van der Waals surface area contributed by atoms with Crippen molar-refractivity contribution in [2.45, 2.75) is 32.9 Å². The van der Waals surface area contributed by atoms with Gasteiger partial charge in [-0.2, -0.15) is 0 Å². The van der Waals surface area contributed by atoms with Crippen molar-refractivity contribution >= 4 is 13.1 Å². The van der Waals surface area contributed by atoms with Crippen molar-refractivity contribution in [1.82, 2.24) is 0 Å². The Morgan fingerprint density at radius 1 is 1.55 bits per heavy atom. The van der Waals surface area contributed by atoms with Crippen LogP contribution in [0, 0.1) is 0 Å². The van der Waals surface area contributed by atoms with Gasteiger partial charge in [-0.25, -0.2) is 0 Å². The van der Waals surface area contributed by atoms with Gasteiger partial charge in [-0.15, -0.1) is 0 Å². The topological polar surface area (TPSA) is 32.6 Å². The molecule has 0 amide bonds. The van der Waals surface area contributed by atoms with E-state index in [1.807, 2.05) is 6.08 Å². The number of hydrogen-bond donors (Lipinski definition) is 1. The summed E-state index contributed by atoms with van der Waals surface area (Å²) in [6.45, 7) is 3.60. The SMILES string of the molecule is CCC/C=C\N=CCB(C)O. The average molecular weight is 153 g/mol. The molecule has 0 rings (SSSR count). The number of hydrogen-bond acceptors (Lipinski definition) is 2. The molecular weight excluding hydrogens is 137 g/mol. The largest absolute Gasteiger partial charge is 0.450 e. The Morgan fingerprint density at radius 3 is 2.82 bits per heavy atom. The van der Waals surface area contributed by atoms with Crippen LogP contribution in [0.1, 0.15) is 19.8 Å². The Balaban J connectivity index is 3.28. The van der Waals surface area contributed by atoms with E-state index in [-0.39, 0.29) is 6.92 Å². The van der Waals surface area contributed by atoms with Crippen molar-refractivity contribution in [3.63, 3.8) is 0 Å². The smallest absolute Gasteiger partial charge is 0.291 e. The molecule has 2 nitrogen and oxygen atoms in total. The summed E-state index contributed by atoms with van der Waals surface area (Å²) in [6, 6.07) is 0. The average Bonchev–Trinajstić information content (AvgIpc) is 1.96. The van der Waals surface area contributed by atoms with Gasteiger partial charge in [-0.05, 0) is 19.0 Å². The summed E-state index contributed by atoms with van der Waals surface area (Å²) in [4.78, 5) is 3.98. The maximum absolute atomic E-state index is 8.84. The summed E-state index contributed by atoms with van der Waals surface area (Å²) in [5.74, 6) is 0. The molecule has 0 spiro atoms. The molecule has 1 N–H and O–H groups in total. The van der Waals surface area contributed by atoms with Gasteiger partial charge in [0.25, 0.3) is 6.92 Å². The van der Waals surface area contributed by atoms with Gasteiger partial charge in [0.2, 0.25) is 0 Å². The van der Waals surface area contributed by atoms with E-state index in [0.29, 0.717) is 6.32 Å². The van der Waals surface area contributed by atoms with E-state index in [1.165, 1.54) is 0 Å². The fourth-order valence-corrected chi connectivity index (χ4v) is 0.576. The molecule has 0 atom stereocenters. The molecule has 3 heteroatoms. The summed E-state index contributed by atoms with van der Waals surface area (Å²) in [7, 11) is 0. The number of unbranched alkanes of at least 4 members (excludes halogenated alkanes) is 1. The van der Waals surface area contributed by atoms with Crippen LogP contribution in [0.2, 0.25) is 13.1 Å². The lowest BCUT2D eigenvalue weighted by Gasteiger charge is -1.88. The van der Waals surface area contributed by atoms with Gasteiger partial charge in [0.1, 0.15) is 0 Å². The Morgan fingerprint density at radius 2 is 2.27 bits per heavy atom. The van der Waals surface area contributed by atoms with Gasteiger partial charge >= 0.3 is 0 Å². The third kappa shape index (κ3) is 9.43. The van der Waals surface area contributed by atoms with E-state index in [2.05, 4.69) is 11.9 Å². The third-order valence-electron chi connectivity index (χ3n) is 1.20. The zero-order chi connectivity index (χ0) is 8.53. The maximum Gasteiger partial charge on any atom is 0.291 e. The first-order valence-corrected chi connectivity index (χ1v) is 4.12. The van der Waals surface area contributed by atoms with E-state index in [0.717, 1.165) is 12.8 Å². The molecule has 0 saturated heterocycles. The lowest BCUT2D eigenvalue weighted by Crippen LogP contribution is -2.04. The molecule has 0 bridgehead atoms. The van der Waals surface area contributed by atoms with E-state index < -0.39 is 0 Å². The summed E-state index contributed by atoms with van der Waals surface area (Å²) >= 11 is 0. The Labute approximate surface area is 69.2 Å². The van der Waals surface area contributed by atoms with Crippen LogP contribution in [0.5, 0.6) is 0 Å². The molecule has 11 heavy (non-hydrogen) atoms. The molecule has 0 aromatic carbocycles. The second-order valence-electron chi connectivity index (χ2n) is 2.59. The first-order chi connectivity index (χ1) is 5.27. The van der Waals surface area contributed by atoms with Crippen molar-refractivity contribution in [3.05, 3.63) is 12.3 Å². The van der Waals surface area contributed by atoms with Crippen LogP contribution in [-0.4, -0.2) is 18.2 Å². The third-order valence-corrected chi connectivity index (χ3v) is 1.20. The van der Waals surface area contributed by atoms with Crippen molar-refractivity contribution in [2.24, 2.45) is 4.99 Å². The number of aliphatic imine (C=N–C) groups is 1. The van der Waals surface area contributed by atoms with Crippen LogP contribution in [0.3, 0.4) is 0 Å². The molecule has 0 aromatic heterocycles. The molecule has 0 radical (unpaired) electrons. The number of allylic oxidation sites excluding steroid dienone is 1. The van der Waals surface area contributed by atoms with Crippen LogP contribution in [0.15, 0.2) is 17.3 Å². The molecular formula is C8H16BNO. The highest BCUT2D eigenvalue weighted by atomic mass is 16.2. The highest BCUT2D eigenvalue weighted by molar-refractivity contribution is 6.52. The van der Waals surface area contributed by atoms with Crippen LogP contribution >= 0.6 is 0 Å². The lowest BCUT2D eigenvalue weighted by atomic mass is 9.69. The van der Waals surface area contributed by atoms with E-state index in [9.17, 15) is 0 Å². The fourth-order valence-electron chi connectivity index (χ4n) is 0.576. The monoisotopic (exact) mass is 153 g/mol. The zero-order valence-corrected chi connectivity index (χ0v) is 7.33. The van der Waals surface area contributed by atoms with Crippen LogP contribution in [0.4, 0.5) is 0 Å². The van der Waals surface area contributed by atoms with Crippen molar-refractivity contribution in [3.8, 4) is 0 Å². The van der Waals surface area contributed by atoms with Crippen molar-refractivity contribution in [1.29, 1.82) is 0 Å². The lowest BCUT2D eigenvalue weighted by molar-refractivity contribution is 0.584. The molecule has 0 aromatic rings. The van der Waals surface area contributed by atoms with Gasteiger partial charge in [0.05, 0.1) is 0 Å². The van der Waals surface area contributed by atoms with Crippen molar-refractivity contribution in [2.75, 3.05) is 0 Å². The standard InChI is InChI=1S/C8H16BNO/c1-3-4-5-7-10-8-6-9(2)11/h5,7-8,11H,3-4,6H2,1-2H3/b7-5-,10-8?. The molecule has 0 aliphatic rings. The molecule has 0 aliphatic heterocycles. The molecule has 62 valence electrons. The van der Waals surface area contributed by atoms with Crippen LogP contribution in [-0.2, 0) is 0 Å². The van der Waals surface area contributed by atoms with Crippen molar-refractivity contribution < 1.29 is 5.02 Å². The first-order valence-electron chi connectivity index (χ1n) is 4.12. The molecule has 0 fully saturated rings. The van der Waals surface area contributed by atoms with Crippen LogP contribution in [0.25, 0.3) is 0 Å². The number of rotatable bonds is 5. The molecule has 0 aliphatic carbocycles. The second kappa shape index (κ2) is 7.54. The predicted molar refractivity (Wildman–Crippen MR) is 51.2 cm³/mol. The minimum absolute atomic E-state index is 0.279. The highest BCUT2D eigenvalue weighted by Gasteiger charge is 1.95. The molecule has 0 heterocycles. The van der Waals surface area contributed by atoms with E-state index in [1.54, 1.807) is 19.2 Å². The second-order valence-corrected chi connectivity index (χ2v) is 2.59. The van der Waals surface area contributed by atoms with Gasteiger partial charge in [0, 0.05) is 6.20 Å². The van der Waals surface area contributed by atoms with Gasteiger partial charge in [-0.3, -0.25) is 4.99 Å². The minimum Gasteiger partial charge on any atom is -0.450 e. The Hall–Kier alpha value is -0.565. The van der Waals surface area contributed by atoms with Gasteiger partial charge in [0.15, 0.2) is 0 Å². The highest BCUT2D eigenvalue weighted by Crippen LogP contribution is 1.89. The zero-order valence-electron chi connectivity index (χ0n) is 7.33. The molecule has 0 saturated carbocycles. The Bertz CT molecular complexity index is 132. The van der Waals surface area contributed by atoms with Gasteiger partial charge in [-0.1, -0.05) is 26.2 Å². The Kier molecular flexibility index (Phi) is 7.15. The fraction of sp³-hybridized carbons (Fsp3) is 0.625. The van der Waals surface area contributed by atoms with E-state index >= 15 is 0 Å².